The van der Waals surface area contributed by atoms with Crippen LogP contribution in [0, 0.1) is 29.9 Å². The maximum absolute atomic E-state index is 14.2. The number of piperazine rings is 1. The van der Waals surface area contributed by atoms with Crippen LogP contribution in [0.15, 0.2) is 12.1 Å². The van der Waals surface area contributed by atoms with Crippen LogP contribution in [0.5, 0.6) is 0 Å². The summed E-state index contributed by atoms with van der Waals surface area (Å²) in [5.41, 5.74) is 0.443. The summed E-state index contributed by atoms with van der Waals surface area (Å²) in [7, 11) is 0. The molecular formula is C14H17F2N3. The first kappa shape index (κ1) is 13.9. The molecule has 1 aromatic carbocycles. The SMILES string of the molecule is Cc1ccc(F)c([C@H](CC#N)N2CCNCC2)c1F. The highest BCUT2D eigenvalue weighted by atomic mass is 19.1. The van der Waals surface area contributed by atoms with Gasteiger partial charge in [-0.15, -0.1) is 0 Å². The minimum Gasteiger partial charge on any atom is -0.314 e. The molecule has 0 aromatic heterocycles. The lowest BCUT2D eigenvalue weighted by atomic mass is 9.98. The van der Waals surface area contributed by atoms with E-state index in [1.54, 1.807) is 6.92 Å². The molecule has 102 valence electrons. The summed E-state index contributed by atoms with van der Waals surface area (Å²) in [6.45, 7) is 4.55. The molecule has 3 nitrogen and oxygen atoms in total. The molecule has 5 heteroatoms. The molecule has 1 fully saturated rings. The molecule has 1 atom stereocenters. The number of rotatable bonds is 3. The highest BCUT2D eigenvalue weighted by molar-refractivity contribution is 5.30. The average Bonchev–Trinajstić information content (AvgIpc) is 2.43. The summed E-state index contributed by atoms with van der Waals surface area (Å²) in [5.74, 6) is -1.10. The normalized spacial score (nSPS) is 18.0. The van der Waals surface area contributed by atoms with Crippen LogP contribution in [0.1, 0.15) is 23.6 Å². The third kappa shape index (κ3) is 2.91. The second-order valence-electron chi connectivity index (χ2n) is 4.76. The van der Waals surface area contributed by atoms with E-state index in [4.69, 9.17) is 5.26 Å². The minimum absolute atomic E-state index is 0.0310. The van der Waals surface area contributed by atoms with Gasteiger partial charge < -0.3 is 5.32 Å². The van der Waals surface area contributed by atoms with Crippen LogP contribution in [-0.2, 0) is 0 Å². The zero-order valence-electron chi connectivity index (χ0n) is 10.9. The van der Waals surface area contributed by atoms with Crippen molar-refractivity contribution in [2.75, 3.05) is 26.2 Å². The smallest absolute Gasteiger partial charge is 0.133 e. The second kappa shape index (κ2) is 6.09. The number of nitriles is 1. The molecule has 1 N–H and O–H groups in total. The Kier molecular flexibility index (Phi) is 4.46. The molecule has 0 bridgehead atoms. The lowest BCUT2D eigenvalue weighted by molar-refractivity contribution is 0.169. The molecule has 0 radical (unpaired) electrons. The summed E-state index contributed by atoms with van der Waals surface area (Å²) in [4.78, 5) is 1.97. The number of benzene rings is 1. The van der Waals surface area contributed by atoms with E-state index >= 15 is 0 Å². The molecule has 0 saturated carbocycles. The van der Waals surface area contributed by atoms with Crippen molar-refractivity contribution in [2.24, 2.45) is 0 Å². The quantitative estimate of drug-likeness (QED) is 0.910. The van der Waals surface area contributed by atoms with Crippen molar-refractivity contribution in [3.63, 3.8) is 0 Å². The van der Waals surface area contributed by atoms with E-state index in [1.807, 2.05) is 11.0 Å². The van der Waals surface area contributed by atoms with Gasteiger partial charge in [0.1, 0.15) is 11.6 Å². The van der Waals surface area contributed by atoms with Crippen molar-refractivity contribution in [1.82, 2.24) is 10.2 Å². The molecule has 2 rings (SSSR count). The Labute approximate surface area is 111 Å². The van der Waals surface area contributed by atoms with Crippen LogP contribution in [0.3, 0.4) is 0 Å². The number of nitrogens with zero attached hydrogens (tertiary/aromatic N) is 2. The van der Waals surface area contributed by atoms with E-state index in [-0.39, 0.29) is 12.0 Å². The maximum Gasteiger partial charge on any atom is 0.133 e. The highest BCUT2D eigenvalue weighted by Crippen LogP contribution is 2.30. The van der Waals surface area contributed by atoms with Crippen molar-refractivity contribution >= 4 is 0 Å². The Hall–Kier alpha value is -1.51. The van der Waals surface area contributed by atoms with E-state index in [0.717, 1.165) is 13.1 Å². The fraction of sp³-hybridized carbons (Fsp3) is 0.500. The van der Waals surface area contributed by atoms with Gasteiger partial charge in [-0.25, -0.2) is 8.78 Å². The third-order valence-electron chi connectivity index (χ3n) is 3.53. The Morgan fingerprint density at radius 1 is 1.37 bits per heavy atom. The lowest BCUT2D eigenvalue weighted by Gasteiger charge is -2.34. The molecule has 0 unspecified atom stereocenters. The van der Waals surface area contributed by atoms with Gasteiger partial charge in [-0.05, 0) is 18.6 Å². The predicted octanol–water partition coefficient (Wildman–Crippen LogP) is 2.13. The Morgan fingerprint density at radius 3 is 2.68 bits per heavy atom. The number of hydrogen-bond donors (Lipinski definition) is 1. The van der Waals surface area contributed by atoms with Gasteiger partial charge in [0.15, 0.2) is 0 Å². The third-order valence-corrected chi connectivity index (χ3v) is 3.53. The van der Waals surface area contributed by atoms with Crippen LogP contribution >= 0.6 is 0 Å². The van der Waals surface area contributed by atoms with E-state index in [1.165, 1.54) is 12.1 Å². The van der Waals surface area contributed by atoms with Gasteiger partial charge in [0.2, 0.25) is 0 Å². The van der Waals surface area contributed by atoms with E-state index in [9.17, 15) is 8.78 Å². The van der Waals surface area contributed by atoms with Crippen LogP contribution in [0.2, 0.25) is 0 Å². The Bertz CT molecular complexity index is 490. The number of aryl methyl sites for hydroxylation is 1. The summed E-state index contributed by atoms with van der Waals surface area (Å²) >= 11 is 0. The highest BCUT2D eigenvalue weighted by Gasteiger charge is 2.27. The van der Waals surface area contributed by atoms with Gasteiger partial charge >= 0.3 is 0 Å². The van der Waals surface area contributed by atoms with Crippen molar-refractivity contribution in [3.05, 3.63) is 34.9 Å². The van der Waals surface area contributed by atoms with E-state index in [2.05, 4.69) is 5.32 Å². The number of halogens is 2. The van der Waals surface area contributed by atoms with Crippen molar-refractivity contribution in [3.8, 4) is 6.07 Å². The molecule has 1 heterocycles. The zero-order valence-corrected chi connectivity index (χ0v) is 10.9. The molecule has 19 heavy (non-hydrogen) atoms. The van der Waals surface area contributed by atoms with Crippen LogP contribution in [0.4, 0.5) is 8.78 Å². The van der Waals surface area contributed by atoms with E-state index < -0.39 is 17.7 Å². The van der Waals surface area contributed by atoms with Crippen LogP contribution < -0.4 is 5.32 Å². The summed E-state index contributed by atoms with van der Waals surface area (Å²) in [5, 5.41) is 12.1. The molecule has 1 aliphatic rings. The maximum atomic E-state index is 14.2. The molecule has 0 amide bonds. The first-order chi connectivity index (χ1) is 9.15. The first-order valence-corrected chi connectivity index (χ1v) is 6.41. The van der Waals surface area contributed by atoms with Gasteiger partial charge in [0.25, 0.3) is 0 Å². The zero-order chi connectivity index (χ0) is 13.8. The number of hydrogen-bond acceptors (Lipinski definition) is 3. The molecule has 1 saturated heterocycles. The van der Waals surface area contributed by atoms with Gasteiger partial charge in [-0.1, -0.05) is 6.07 Å². The second-order valence-corrected chi connectivity index (χ2v) is 4.76. The topological polar surface area (TPSA) is 39.1 Å². The van der Waals surface area contributed by atoms with E-state index in [0.29, 0.717) is 18.7 Å². The summed E-state index contributed by atoms with van der Waals surface area (Å²) in [6, 6.07) is 4.24. The summed E-state index contributed by atoms with van der Waals surface area (Å²) in [6.07, 6.45) is 0.0945. The van der Waals surface area contributed by atoms with Gasteiger partial charge in [0.05, 0.1) is 18.5 Å². The fourth-order valence-electron chi connectivity index (χ4n) is 2.48. The molecule has 0 spiro atoms. The predicted molar refractivity (Wildman–Crippen MR) is 68.5 cm³/mol. The molecule has 1 aromatic rings. The van der Waals surface area contributed by atoms with Crippen molar-refractivity contribution < 1.29 is 8.78 Å². The van der Waals surface area contributed by atoms with Crippen molar-refractivity contribution in [1.29, 1.82) is 5.26 Å². The summed E-state index contributed by atoms with van der Waals surface area (Å²) < 4.78 is 28.2. The van der Waals surface area contributed by atoms with Gasteiger partial charge in [-0.2, -0.15) is 5.26 Å². The number of nitrogens with one attached hydrogen (secondary N) is 1. The molecule has 1 aliphatic heterocycles. The lowest BCUT2D eigenvalue weighted by Crippen LogP contribution is -2.45. The Morgan fingerprint density at radius 2 is 2.05 bits per heavy atom. The largest absolute Gasteiger partial charge is 0.314 e. The van der Waals surface area contributed by atoms with Gasteiger partial charge in [0, 0.05) is 31.7 Å². The first-order valence-electron chi connectivity index (χ1n) is 6.41. The van der Waals surface area contributed by atoms with Crippen molar-refractivity contribution in [2.45, 2.75) is 19.4 Å². The Balaban J connectivity index is 2.38. The van der Waals surface area contributed by atoms with Crippen LogP contribution in [-0.4, -0.2) is 31.1 Å². The standard InChI is InChI=1S/C14H17F2N3/c1-10-2-3-11(15)13(14(10)16)12(4-5-17)19-8-6-18-7-9-19/h2-3,12,18H,4,6-9H2,1H3/t12-/m0/s1. The minimum atomic E-state index is -0.568. The molecular weight excluding hydrogens is 248 g/mol. The monoisotopic (exact) mass is 265 g/mol. The van der Waals surface area contributed by atoms with Gasteiger partial charge in [-0.3, -0.25) is 4.90 Å². The van der Waals surface area contributed by atoms with Crippen LogP contribution in [0.25, 0.3) is 0 Å². The average molecular weight is 265 g/mol. The fourth-order valence-corrected chi connectivity index (χ4v) is 2.48. The molecule has 0 aliphatic carbocycles.